The third kappa shape index (κ3) is 4.12. The van der Waals surface area contributed by atoms with Crippen molar-refractivity contribution in [3.8, 4) is 12.0 Å². The van der Waals surface area contributed by atoms with Crippen molar-refractivity contribution in [2.75, 3.05) is 18.9 Å². The molecule has 0 unspecified atom stereocenters. The zero-order valence-electron chi connectivity index (χ0n) is 9.56. The summed E-state index contributed by atoms with van der Waals surface area (Å²) in [6, 6.07) is 0.359. The summed E-state index contributed by atoms with van der Waals surface area (Å²) < 4.78 is 10.4. The van der Waals surface area contributed by atoms with Crippen molar-refractivity contribution in [1.82, 2.24) is 15.0 Å². The number of ether oxygens (including phenoxy) is 2. The molecule has 1 aromatic heterocycles. The predicted octanol–water partition coefficient (Wildman–Crippen LogP) is 1.20. The monoisotopic (exact) mass is 224 g/mol. The highest BCUT2D eigenvalue weighted by Crippen LogP contribution is 2.11. The highest BCUT2D eigenvalue weighted by molar-refractivity contribution is 5.20. The van der Waals surface area contributed by atoms with Crippen LogP contribution in [0.3, 0.4) is 0 Å². The Bertz CT molecular complexity index is 368. The standard InChI is InChI=1S/C10H16N4O2/c1-4-15-9-12-8(11)13-10(14-9)16-6-5-7(2)3/h2,4-6H2,1,3H3,(H2,11,12,13,14). The van der Waals surface area contributed by atoms with Crippen LogP contribution < -0.4 is 15.2 Å². The largest absolute Gasteiger partial charge is 0.464 e. The summed E-state index contributed by atoms with van der Waals surface area (Å²) in [5, 5.41) is 0. The van der Waals surface area contributed by atoms with Crippen molar-refractivity contribution in [3.05, 3.63) is 12.2 Å². The second-order valence-electron chi connectivity index (χ2n) is 3.25. The molecule has 1 heterocycles. The van der Waals surface area contributed by atoms with Gasteiger partial charge in [-0.25, -0.2) is 0 Å². The number of anilines is 1. The fourth-order valence-electron chi connectivity index (χ4n) is 0.928. The number of nitrogen functional groups attached to an aromatic ring is 1. The van der Waals surface area contributed by atoms with Crippen molar-refractivity contribution < 1.29 is 9.47 Å². The maximum absolute atomic E-state index is 5.48. The van der Waals surface area contributed by atoms with Crippen LogP contribution in [0, 0.1) is 0 Å². The number of nitrogens with zero attached hydrogens (tertiary/aromatic N) is 3. The maximum Gasteiger partial charge on any atom is 0.324 e. The lowest BCUT2D eigenvalue weighted by atomic mass is 10.3. The Labute approximate surface area is 94.5 Å². The molecule has 0 aromatic carbocycles. The van der Waals surface area contributed by atoms with Crippen LogP contribution in [0.5, 0.6) is 12.0 Å². The second-order valence-corrected chi connectivity index (χ2v) is 3.25. The van der Waals surface area contributed by atoms with E-state index < -0.39 is 0 Å². The molecule has 0 fully saturated rings. The molecule has 0 atom stereocenters. The van der Waals surface area contributed by atoms with Crippen molar-refractivity contribution >= 4 is 5.95 Å². The molecule has 0 saturated heterocycles. The third-order valence-corrected chi connectivity index (χ3v) is 1.65. The first kappa shape index (κ1) is 12.2. The van der Waals surface area contributed by atoms with E-state index in [0.29, 0.717) is 13.2 Å². The van der Waals surface area contributed by atoms with Crippen LogP contribution in [-0.4, -0.2) is 28.2 Å². The molecule has 0 aliphatic rings. The van der Waals surface area contributed by atoms with Gasteiger partial charge in [0.15, 0.2) is 0 Å². The Hall–Kier alpha value is -1.85. The number of hydrogen-bond donors (Lipinski definition) is 1. The summed E-state index contributed by atoms with van der Waals surface area (Å²) >= 11 is 0. The van der Waals surface area contributed by atoms with Gasteiger partial charge in [-0.1, -0.05) is 5.57 Å². The molecule has 0 aliphatic heterocycles. The van der Waals surface area contributed by atoms with Crippen LogP contribution in [0.2, 0.25) is 0 Å². The van der Waals surface area contributed by atoms with Gasteiger partial charge in [0.05, 0.1) is 13.2 Å². The number of rotatable bonds is 6. The first-order valence-corrected chi connectivity index (χ1v) is 5.03. The molecular weight excluding hydrogens is 208 g/mol. The van der Waals surface area contributed by atoms with E-state index in [-0.39, 0.29) is 18.0 Å². The first-order valence-electron chi connectivity index (χ1n) is 5.03. The van der Waals surface area contributed by atoms with E-state index in [1.54, 1.807) is 0 Å². The van der Waals surface area contributed by atoms with E-state index in [0.717, 1.165) is 12.0 Å². The SMILES string of the molecule is C=C(C)CCOc1nc(N)nc(OCC)n1. The Morgan fingerprint density at radius 3 is 2.44 bits per heavy atom. The zero-order chi connectivity index (χ0) is 12.0. The van der Waals surface area contributed by atoms with E-state index in [1.165, 1.54) is 0 Å². The maximum atomic E-state index is 5.48. The van der Waals surface area contributed by atoms with Crippen LogP contribution in [0.15, 0.2) is 12.2 Å². The lowest BCUT2D eigenvalue weighted by Crippen LogP contribution is -2.07. The normalized spacial score (nSPS) is 9.88. The van der Waals surface area contributed by atoms with Crippen molar-refractivity contribution in [3.63, 3.8) is 0 Å². The van der Waals surface area contributed by atoms with Gasteiger partial charge >= 0.3 is 12.0 Å². The van der Waals surface area contributed by atoms with Gasteiger partial charge in [-0.15, -0.1) is 11.6 Å². The van der Waals surface area contributed by atoms with Crippen LogP contribution in [0.1, 0.15) is 20.3 Å². The smallest absolute Gasteiger partial charge is 0.324 e. The van der Waals surface area contributed by atoms with Crippen molar-refractivity contribution in [2.24, 2.45) is 0 Å². The van der Waals surface area contributed by atoms with E-state index in [1.807, 2.05) is 13.8 Å². The van der Waals surface area contributed by atoms with E-state index in [9.17, 15) is 0 Å². The molecule has 0 spiro atoms. The topological polar surface area (TPSA) is 83.2 Å². The van der Waals surface area contributed by atoms with Crippen LogP contribution in [-0.2, 0) is 0 Å². The van der Waals surface area contributed by atoms with Gasteiger partial charge < -0.3 is 15.2 Å². The Morgan fingerprint density at radius 1 is 1.25 bits per heavy atom. The van der Waals surface area contributed by atoms with Gasteiger partial charge in [0.25, 0.3) is 0 Å². The van der Waals surface area contributed by atoms with Crippen molar-refractivity contribution in [2.45, 2.75) is 20.3 Å². The zero-order valence-corrected chi connectivity index (χ0v) is 9.56. The average Bonchev–Trinajstić information content (AvgIpc) is 2.16. The molecule has 0 saturated carbocycles. The lowest BCUT2D eigenvalue weighted by Gasteiger charge is -2.06. The van der Waals surface area contributed by atoms with Gasteiger partial charge in [0.1, 0.15) is 0 Å². The molecule has 6 heteroatoms. The summed E-state index contributed by atoms with van der Waals surface area (Å²) in [7, 11) is 0. The molecule has 0 aliphatic carbocycles. The molecule has 6 nitrogen and oxygen atoms in total. The molecule has 1 aromatic rings. The average molecular weight is 224 g/mol. The molecule has 0 radical (unpaired) electrons. The fourth-order valence-corrected chi connectivity index (χ4v) is 0.928. The molecule has 88 valence electrons. The van der Waals surface area contributed by atoms with Crippen LogP contribution >= 0.6 is 0 Å². The minimum atomic E-state index is 0.0868. The number of aromatic nitrogens is 3. The molecule has 1 rings (SSSR count). The Balaban J connectivity index is 2.61. The van der Waals surface area contributed by atoms with Crippen molar-refractivity contribution in [1.29, 1.82) is 0 Å². The summed E-state index contributed by atoms with van der Waals surface area (Å²) in [6.07, 6.45) is 0.746. The highest BCUT2D eigenvalue weighted by Gasteiger charge is 2.05. The number of hydrogen-bond acceptors (Lipinski definition) is 6. The van der Waals surface area contributed by atoms with Gasteiger partial charge in [0, 0.05) is 6.42 Å². The quantitative estimate of drug-likeness (QED) is 0.731. The van der Waals surface area contributed by atoms with Gasteiger partial charge in [0.2, 0.25) is 5.95 Å². The van der Waals surface area contributed by atoms with Crippen LogP contribution in [0.4, 0.5) is 5.95 Å². The highest BCUT2D eigenvalue weighted by atomic mass is 16.5. The minimum Gasteiger partial charge on any atom is -0.464 e. The molecule has 16 heavy (non-hydrogen) atoms. The number of nitrogens with two attached hydrogens (primary N) is 1. The molecular formula is C10H16N4O2. The third-order valence-electron chi connectivity index (χ3n) is 1.65. The fraction of sp³-hybridized carbons (Fsp3) is 0.500. The Kier molecular flexibility index (Phi) is 4.50. The predicted molar refractivity (Wildman–Crippen MR) is 60.3 cm³/mol. The second kappa shape index (κ2) is 5.89. The van der Waals surface area contributed by atoms with Gasteiger partial charge in [-0.3, -0.25) is 0 Å². The first-order chi connectivity index (χ1) is 7.61. The molecule has 2 N–H and O–H groups in total. The van der Waals surface area contributed by atoms with Gasteiger partial charge in [-0.05, 0) is 13.8 Å². The van der Waals surface area contributed by atoms with E-state index in [4.69, 9.17) is 15.2 Å². The lowest BCUT2D eigenvalue weighted by molar-refractivity contribution is 0.272. The summed E-state index contributed by atoms with van der Waals surface area (Å²) in [4.78, 5) is 11.6. The summed E-state index contributed by atoms with van der Waals surface area (Å²) in [5.41, 5.74) is 6.52. The summed E-state index contributed by atoms with van der Waals surface area (Å²) in [5.74, 6) is 0.0868. The van der Waals surface area contributed by atoms with Gasteiger partial charge in [-0.2, -0.15) is 9.97 Å². The summed E-state index contributed by atoms with van der Waals surface area (Å²) in [6.45, 7) is 8.46. The van der Waals surface area contributed by atoms with Crippen LogP contribution in [0.25, 0.3) is 0 Å². The Morgan fingerprint density at radius 2 is 1.88 bits per heavy atom. The minimum absolute atomic E-state index is 0.0868. The van der Waals surface area contributed by atoms with E-state index in [2.05, 4.69) is 21.5 Å². The molecule has 0 bridgehead atoms. The van der Waals surface area contributed by atoms with E-state index >= 15 is 0 Å². The molecule has 0 amide bonds.